The van der Waals surface area contributed by atoms with Gasteiger partial charge in [0.25, 0.3) is 0 Å². The van der Waals surface area contributed by atoms with Gasteiger partial charge in [0, 0.05) is 37.8 Å². The number of rotatable bonds is 9. The van der Waals surface area contributed by atoms with E-state index in [-0.39, 0.29) is 24.0 Å². The zero-order chi connectivity index (χ0) is 21.5. The van der Waals surface area contributed by atoms with E-state index >= 15 is 0 Å². The summed E-state index contributed by atoms with van der Waals surface area (Å²) in [6.45, 7) is 8.83. The van der Waals surface area contributed by atoms with Gasteiger partial charge in [-0.2, -0.15) is 0 Å². The van der Waals surface area contributed by atoms with Gasteiger partial charge in [-0.1, -0.05) is 30.7 Å². The van der Waals surface area contributed by atoms with Gasteiger partial charge in [-0.25, -0.2) is 4.99 Å². The fourth-order valence-electron chi connectivity index (χ4n) is 5.17. The van der Waals surface area contributed by atoms with Gasteiger partial charge in [0.1, 0.15) is 0 Å². The Bertz CT molecular complexity index is 735. The summed E-state index contributed by atoms with van der Waals surface area (Å²) in [5.74, 6) is 0.914. The van der Waals surface area contributed by atoms with E-state index in [9.17, 15) is 0 Å². The van der Waals surface area contributed by atoms with Crippen molar-refractivity contribution >= 4 is 29.9 Å². The second-order valence-corrected chi connectivity index (χ2v) is 9.10. The molecule has 3 aliphatic rings. The van der Waals surface area contributed by atoms with Crippen LogP contribution in [0, 0.1) is 5.41 Å². The maximum absolute atomic E-state index is 6.08. The number of nitrogens with one attached hydrogen (secondary N) is 2. The highest BCUT2D eigenvalue weighted by Gasteiger charge is 2.59. The first-order chi connectivity index (χ1) is 15.2. The molecule has 2 N–H and O–H groups in total. The lowest BCUT2D eigenvalue weighted by Gasteiger charge is -2.61. The standard InChI is InChI=1S/C25H39N3O3.HI/c1-3-26-24(28-22-16-23(30-4-2)25(22)11-6-12-25)27-17-19-7-5-8-20(15-19)18-31-21-9-13-29-14-10-21;/h5,7-8,15,21-23H,3-4,6,9-14,16-18H2,1-2H3,(H2,26,27,28);1H. The molecule has 32 heavy (non-hydrogen) atoms. The van der Waals surface area contributed by atoms with Crippen LogP contribution in [0.1, 0.15) is 63.5 Å². The van der Waals surface area contributed by atoms with Crippen LogP contribution >= 0.6 is 24.0 Å². The highest BCUT2D eigenvalue weighted by atomic mass is 127. The molecule has 0 aromatic heterocycles. The minimum absolute atomic E-state index is 0. The summed E-state index contributed by atoms with van der Waals surface area (Å²) in [6.07, 6.45) is 7.66. The molecular weight excluding hydrogens is 517 g/mol. The van der Waals surface area contributed by atoms with Gasteiger partial charge in [-0.3, -0.25) is 0 Å². The average molecular weight is 558 g/mol. The maximum atomic E-state index is 6.08. The summed E-state index contributed by atoms with van der Waals surface area (Å²) in [5.41, 5.74) is 2.75. The monoisotopic (exact) mass is 557 g/mol. The van der Waals surface area contributed by atoms with Crippen LogP contribution in [-0.2, 0) is 27.4 Å². The molecule has 180 valence electrons. The average Bonchev–Trinajstić information content (AvgIpc) is 2.75. The molecule has 0 bridgehead atoms. The molecule has 2 unspecified atom stereocenters. The minimum atomic E-state index is 0. The Morgan fingerprint density at radius 1 is 1.16 bits per heavy atom. The lowest BCUT2D eigenvalue weighted by molar-refractivity contribution is -0.168. The summed E-state index contributed by atoms with van der Waals surface area (Å²) >= 11 is 0. The van der Waals surface area contributed by atoms with E-state index in [2.05, 4.69) is 48.7 Å². The Labute approximate surface area is 210 Å². The predicted octanol–water partition coefficient (Wildman–Crippen LogP) is 4.40. The molecule has 2 saturated carbocycles. The van der Waals surface area contributed by atoms with Crippen molar-refractivity contribution in [2.45, 2.75) is 83.8 Å². The van der Waals surface area contributed by atoms with Crippen molar-refractivity contribution in [1.29, 1.82) is 0 Å². The van der Waals surface area contributed by atoms with Gasteiger partial charge < -0.3 is 24.8 Å². The summed E-state index contributed by atoms with van der Waals surface area (Å²) in [6, 6.07) is 9.07. The molecule has 2 aliphatic carbocycles. The number of guanidine groups is 1. The third kappa shape index (κ3) is 6.15. The lowest BCUT2D eigenvalue weighted by Crippen LogP contribution is -2.68. The molecule has 3 fully saturated rings. The SMILES string of the molecule is CCNC(=NCc1cccc(COC2CCOCC2)c1)NC1CC(OCC)C12CCC2.I. The number of halogens is 1. The number of hydrogen-bond acceptors (Lipinski definition) is 4. The molecule has 1 heterocycles. The summed E-state index contributed by atoms with van der Waals surface area (Å²) in [7, 11) is 0. The van der Waals surface area contributed by atoms with Crippen LogP contribution in [0.25, 0.3) is 0 Å². The lowest BCUT2D eigenvalue weighted by atomic mass is 9.51. The van der Waals surface area contributed by atoms with E-state index in [0.29, 0.717) is 36.8 Å². The van der Waals surface area contributed by atoms with Gasteiger partial charge >= 0.3 is 0 Å². The van der Waals surface area contributed by atoms with Gasteiger partial charge in [-0.15, -0.1) is 24.0 Å². The van der Waals surface area contributed by atoms with Crippen molar-refractivity contribution in [3.8, 4) is 0 Å². The van der Waals surface area contributed by atoms with Crippen LogP contribution in [0.2, 0.25) is 0 Å². The van der Waals surface area contributed by atoms with Crippen molar-refractivity contribution < 1.29 is 14.2 Å². The predicted molar refractivity (Wildman–Crippen MR) is 139 cm³/mol. The van der Waals surface area contributed by atoms with Crippen LogP contribution < -0.4 is 10.6 Å². The van der Waals surface area contributed by atoms with Gasteiger partial charge in [-0.05, 0) is 57.1 Å². The van der Waals surface area contributed by atoms with E-state index in [0.717, 1.165) is 51.6 Å². The van der Waals surface area contributed by atoms with Crippen LogP contribution in [0.3, 0.4) is 0 Å². The smallest absolute Gasteiger partial charge is 0.191 e. The molecule has 1 saturated heterocycles. The maximum Gasteiger partial charge on any atom is 0.191 e. The van der Waals surface area contributed by atoms with Gasteiger partial charge in [0.05, 0.1) is 25.4 Å². The molecule has 7 heteroatoms. The Morgan fingerprint density at radius 2 is 1.94 bits per heavy atom. The van der Waals surface area contributed by atoms with E-state index in [1.807, 2.05) is 0 Å². The largest absolute Gasteiger partial charge is 0.381 e. The quantitative estimate of drug-likeness (QED) is 0.268. The summed E-state index contributed by atoms with van der Waals surface area (Å²) in [5, 5.41) is 7.14. The molecule has 0 amide bonds. The van der Waals surface area contributed by atoms with Crippen LogP contribution in [0.15, 0.2) is 29.3 Å². The Kier molecular flexibility index (Phi) is 10.1. The molecule has 0 radical (unpaired) electrons. The van der Waals surface area contributed by atoms with Crippen LogP contribution in [-0.4, -0.2) is 50.6 Å². The van der Waals surface area contributed by atoms with E-state index in [4.69, 9.17) is 19.2 Å². The number of aliphatic imine (C=N–C) groups is 1. The Morgan fingerprint density at radius 3 is 2.62 bits per heavy atom. The third-order valence-corrected chi connectivity index (χ3v) is 7.16. The number of ether oxygens (including phenoxy) is 3. The van der Waals surface area contributed by atoms with E-state index < -0.39 is 0 Å². The number of nitrogens with zero attached hydrogens (tertiary/aromatic N) is 1. The Balaban J connectivity index is 0.00000289. The second kappa shape index (κ2) is 12.5. The summed E-state index contributed by atoms with van der Waals surface area (Å²) in [4.78, 5) is 4.89. The number of hydrogen-bond donors (Lipinski definition) is 2. The first-order valence-corrected chi connectivity index (χ1v) is 12.2. The highest BCUT2D eigenvalue weighted by Crippen LogP contribution is 2.57. The van der Waals surface area contributed by atoms with Crippen LogP contribution in [0.4, 0.5) is 0 Å². The number of benzene rings is 1. The van der Waals surface area contributed by atoms with E-state index in [1.165, 1.54) is 30.4 Å². The zero-order valence-corrected chi connectivity index (χ0v) is 21.9. The fourth-order valence-corrected chi connectivity index (χ4v) is 5.17. The second-order valence-electron chi connectivity index (χ2n) is 9.10. The van der Waals surface area contributed by atoms with Crippen molar-refractivity contribution in [2.24, 2.45) is 10.4 Å². The first kappa shape index (κ1) is 25.7. The first-order valence-electron chi connectivity index (χ1n) is 12.2. The molecular formula is C25H40IN3O3. The van der Waals surface area contributed by atoms with Crippen molar-refractivity contribution in [3.05, 3.63) is 35.4 Å². The van der Waals surface area contributed by atoms with E-state index in [1.54, 1.807) is 0 Å². The van der Waals surface area contributed by atoms with Crippen LogP contribution in [0.5, 0.6) is 0 Å². The molecule has 1 aromatic rings. The van der Waals surface area contributed by atoms with Gasteiger partial charge in [0.15, 0.2) is 5.96 Å². The topological polar surface area (TPSA) is 64.1 Å². The van der Waals surface area contributed by atoms with Crippen molar-refractivity contribution in [1.82, 2.24) is 10.6 Å². The molecule has 4 rings (SSSR count). The van der Waals surface area contributed by atoms with Gasteiger partial charge in [0.2, 0.25) is 0 Å². The Hall–Kier alpha value is -0.900. The zero-order valence-electron chi connectivity index (χ0n) is 19.6. The van der Waals surface area contributed by atoms with Crippen molar-refractivity contribution in [2.75, 3.05) is 26.4 Å². The molecule has 1 spiro atoms. The van der Waals surface area contributed by atoms with Crippen molar-refractivity contribution in [3.63, 3.8) is 0 Å². The third-order valence-electron chi connectivity index (χ3n) is 7.16. The molecule has 1 aliphatic heterocycles. The normalized spacial score (nSPS) is 24.9. The summed E-state index contributed by atoms with van der Waals surface area (Å²) < 4.78 is 17.5. The molecule has 2 atom stereocenters. The fraction of sp³-hybridized carbons (Fsp3) is 0.720. The molecule has 6 nitrogen and oxygen atoms in total. The minimum Gasteiger partial charge on any atom is -0.381 e. The highest BCUT2D eigenvalue weighted by molar-refractivity contribution is 14.0. The molecule has 1 aromatic carbocycles.